The third-order valence-electron chi connectivity index (χ3n) is 3.44. The van der Waals surface area contributed by atoms with E-state index in [0.717, 1.165) is 6.42 Å². The van der Waals surface area contributed by atoms with E-state index in [4.69, 9.17) is 5.73 Å². The molecule has 0 radical (unpaired) electrons. The van der Waals surface area contributed by atoms with E-state index in [1.165, 1.54) is 12.8 Å². The van der Waals surface area contributed by atoms with Gasteiger partial charge >= 0.3 is 0 Å². The summed E-state index contributed by atoms with van der Waals surface area (Å²) in [7, 11) is 0. The highest BCUT2D eigenvalue weighted by Crippen LogP contribution is 2.52. The molecule has 2 aliphatic carbocycles. The fraction of sp³-hybridized carbons (Fsp3) is 1.00. The summed E-state index contributed by atoms with van der Waals surface area (Å²) < 4.78 is 0. The van der Waals surface area contributed by atoms with Crippen LogP contribution in [0.25, 0.3) is 0 Å². The molecule has 2 fully saturated rings. The lowest BCUT2D eigenvalue weighted by atomic mass is 9.82. The lowest BCUT2D eigenvalue weighted by molar-refractivity contribution is 0.0389. The van der Waals surface area contributed by atoms with Crippen LogP contribution in [-0.2, 0) is 0 Å². The minimum absolute atomic E-state index is 0.0683. The van der Waals surface area contributed by atoms with Gasteiger partial charge in [0.2, 0.25) is 0 Å². The Bertz CT molecular complexity index is 159. The molecule has 10 heavy (non-hydrogen) atoms. The Morgan fingerprint density at radius 3 is 2.60 bits per heavy atom. The Labute approximate surface area is 61.4 Å². The van der Waals surface area contributed by atoms with Gasteiger partial charge in [0.15, 0.2) is 0 Å². The van der Waals surface area contributed by atoms with Crippen LogP contribution in [0.3, 0.4) is 0 Å². The molecule has 0 unspecified atom stereocenters. The van der Waals surface area contributed by atoms with Gasteiger partial charge in [-0.15, -0.1) is 0 Å². The van der Waals surface area contributed by atoms with Gasteiger partial charge in [-0.2, -0.15) is 0 Å². The fourth-order valence-corrected chi connectivity index (χ4v) is 2.64. The Balaban J connectivity index is 2.25. The highest BCUT2D eigenvalue weighted by Gasteiger charge is 2.52. The van der Waals surface area contributed by atoms with Crippen molar-refractivity contribution in [1.82, 2.24) is 0 Å². The molecule has 0 spiro atoms. The van der Waals surface area contributed by atoms with Crippen molar-refractivity contribution in [3.8, 4) is 0 Å². The molecule has 2 bridgehead atoms. The fourth-order valence-electron chi connectivity index (χ4n) is 2.64. The summed E-state index contributed by atoms with van der Waals surface area (Å²) in [5, 5.41) is 9.62. The Morgan fingerprint density at radius 2 is 2.30 bits per heavy atom. The van der Waals surface area contributed by atoms with Gasteiger partial charge in [0.1, 0.15) is 0 Å². The summed E-state index contributed by atoms with van der Waals surface area (Å²) in [6.07, 6.45) is 3.32. The predicted molar refractivity (Wildman–Crippen MR) is 39.4 cm³/mol. The lowest BCUT2D eigenvalue weighted by Crippen LogP contribution is -2.43. The Morgan fingerprint density at radius 1 is 1.60 bits per heavy atom. The van der Waals surface area contributed by atoms with Gasteiger partial charge in [0.05, 0.1) is 6.10 Å². The van der Waals surface area contributed by atoms with Gasteiger partial charge in [-0.05, 0) is 30.6 Å². The minimum atomic E-state index is -0.230. The Kier molecular flexibility index (Phi) is 1.15. The third-order valence-corrected chi connectivity index (χ3v) is 3.44. The first-order chi connectivity index (χ1) is 4.63. The zero-order valence-corrected chi connectivity index (χ0v) is 6.38. The molecule has 2 saturated carbocycles. The first kappa shape index (κ1) is 6.62. The van der Waals surface area contributed by atoms with E-state index in [9.17, 15) is 5.11 Å². The molecule has 0 aromatic heterocycles. The summed E-state index contributed by atoms with van der Waals surface area (Å²) in [4.78, 5) is 0. The lowest BCUT2D eigenvalue weighted by Gasteiger charge is -2.30. The second kappa shape index (κ2) is 1.74. The molecule has 0 aromatic rings. The number of fused-ring (bicyclic) bond motifs is 2. The van der Waals surface area contributed by atoms with Crippen LogP contribution in [0.4, 0.5) is 0 Å². The van der Waals surface area contributed by atoms with E-state index in [-0.39, 0.29) is 17.6 Å². The van der Waals surface area contributed by atoms with E-state index in [1.54, 1.807) is 0 Å². The first-order valence-corrected chi connectivity index (χ1v) is 4.07. The van der Waals surface area contributed by atoms with Crippen LogP contribution in [-0.4, -0.2) is 17.3 Å². The first-order valence-electron chi connectivity index (χ1n) is 4.07. The summed E-state index contributed by atoms with van der Waals surface area (Å²) in [5.74, 6) is 0.611. The summed E-state index contributed by atoms with van der Waals surface area (Å²) in [5.41, 5.74) is 5.97. The summed E-state index contributed by atoms with van der Waals surface area (Å²) in [6.45, 7) is 2.16. The molecular weight excluding hydrogens is 126 g/mol. The number of rotatable bonds is 0. The molecule has 2 aliphatic rings. The van der Waals surface area contributed by atoms with Crippen molar-refractivity contribution >= 4 is 0 Å². The maximum atomic E-state index is 9.62. The van der Waals surface area contributed by atoms with Crippen molar-refractivity contribution < 1.29 is 5.11 Å². The van der Waals surface area contributed by atoms with Gasteiger partial charge in [0.25, 0.3) is 0 Å². The van der Waals surface area contributed by atoms with Crippen molar-refractivity contribution in [2.75, 3.05) is 0 Å². The molecule has 0 amide bonds. The van der Waals surface area contributed by atoms with E-state index >= 15 is 0 Å². The molecule has 0 heterocycles. The van der Waals surface area contributed by atoms with Crippen LogP contribution in [0.5, 0.6) is 0 Å². The smallest absolute Gasteiger partial charge is 0.0747 e. The highest BCUT2D eigenvalue weighted by molar-refractivity contribution is 5.06. The average Bonchev–Trinajstić information content (AvgIpc) is 2.35. The monoisotopic (exact) mass is 141 g/mol. The van der Waals surface area contributed by atoms with E-state index in [2.05, 4.69) is 6.92 Å². The van der Waals surface area contributed by atoms with Crippen LogP contribution in [0.1, 0.15) is 26.2 Å². The molecule has 58 valence electrons. The van der Waals surface area contributed by atoms with E-state index in [0.29, 0.717) is 5.92 Å². The second-order valence-electron chi connectivity index (χ2n) is 4.18. The summed E-state index contributed by atoms with van der Waals surface area (Å²) >= 11 is 0. The van der Waals surface area contributed by atoms with Crippen LogP contribution in [0, 0.1) is 11.3 Å². The molecule has 4 atom stereocenters. The standard InChI is InChI=1S/C8H15NO/c1-8-3-2-5(4-8)6(9)7(8)10/h5-7,10H,2-4,9H2,1H3/t5-,6-,7-,8+/m0/s1. The van der Waals surface area contributed by atoms with Crippen LogP contribution in [0.2, 0.25) is 0 Å². The Hall–Kier alpha value is -0.0800. The number of hydrogen-bond acceptors (Lipinski definition) is 2. The molecule has 0 saturated heterocycles. The number of aliphatic hydroxyl groups is 1. The van der Waals surface area contributed by atoms with Gasteiger partial charge in [-0.25, -0.2) is 0 Å². The highest BCUT2D eigenvalue weighted by atomic mass is 16.3. The summed E-state index contributed by atoms with van der Waals surface area (Å²) in [6, 6.07) is 0.0683. The maximum absolute atomic E-state index is 9.62. The second-order valence-corrected chi connectivity index (χ2v) is 4.18. The third kappa shape index (κ3) is 0.611. The molecule has 2 heteroatoms. The van der Waals surface area contributed by atoms with Crippen LogP contribution in [0.15, 0.2) is 0 Å². The van der Waals surface area contributed by atoms with E-state index < -0.39 is 0 Å². The van der Waals surface area contributed by atoms with Gasteiger partial charge < -0.3 is 10.8 Å². The van der Waals surface area contributed by atoms with Crippen LogP contribution < -0.4 is 5.73 Å². The van der Waals surface area contributed by atoms with E-state index in [1.807, 2.05) is 0 Å². The van der Waals surface area contributed by atoms with Gasteiger partial charge in [-0.1, -0.05) is 6.92 Å². The van der Waals surface area contributed by atoms with Gasteiger partial charge in [-0.3, -0.25) is 0 Å². The normalized spacial score (nSPS) is 59.7. The molecule has 2 nitrogen and oxygen atoms in total. The SMILES string of the molecule is C[C@@]12CC[C@@H](C1)[C@H](N)[C@@H]2O. The molecule has 2 rings (SSSR count). The maximum Gasteiger partial charge on any atom is 0.0747 e. The zero-order chi connectivity index (χ0) is 7.35. The van der Waals surface area contributed by atoms with Crippen molar-refractivity contribution in [3.05, 3.63) is 0 Å². The minimum Gasteiger partial charge on any atom is -0.391 e. The van der Waals surface area contributed by atoms with Gasteiger partial charge in [0, 0.05) is 6.04 Å². The van der Waals surface area contributed by atoms with Crippen molar-refractivity contribution in [2.24, 2.45) is 17.1 Å². The number of nitrogens with two attached hydrogens (primary N) is 1. The largest absolute Gasteiger partial charge is 0.391 e. The quantitative estimate of drug-likeness (QED) is 0.516. The number of aliphatic hydroxyl groups excluding tert-OH is 1. The topological polar surface area (TPSA) is 46.2 Å². The number of hydrogen-bond donors (Lipinski definition) is 2. The predicted octanol–water partition coefficient (Wildman–Crippen LogP) is 0.495. The average molecular weight is 141 g/mol. The molecule has 0 aliphatic heterocycles. The molecular formula is C8H15NO. The van der Waals surface area contributed by atoms with Crippen molar-refractivity contribution in [2.45, 2.75) is 38.3 Å². The molecule has 3 N–H and O–H groups in total. The molecule has 0 aromatic carbocycles. The van der Waals surface area contributed by atoms with Crippen LogP contribution >= 0.6 is 0 Å². The zero-order valence-electron chi connectivity index (χ0n) is 6.38. The van der Waals surface area contributed by atoms with Crippen molar-refractivity contribution in [3.63, 3.8) is 0 Å². The van der Waals surface area contributed by atoms with Crippen molar-refractivity contribution in [1.29, 1.82) is 0 Å².